The molecule has 0 aliphatic carbocycles. The molecule has 0 saturated carbocycles. The van der Waals surface area contributed by atoms with Gasteiger partial charge in [-0.25, -0.2) is 4.98 Å². The first kappa shape index (κ1) is 22.9. The first-order valence-corrected chi connectivity index (χ1v) is 8.84. The number of rotatable bonds is 5. The standard InChI is InChI=1S/C18H21BrN4O.2ClH/c19-15-6-7-17(21-9-15)22-18(24)12-23-10-14(8-20)16(11-23)13-4-2-1-3-5-13;;/h1-7,9,14,16H,8,10-12,20H2,(H,21,22,24);2*1H/t14-,16+;;/m1../s1. The molecule has 1 saturated heterocycles. The van der Waals surface area contributed by atoms with Crippen LogP contribution in [-0.2, 0) is 4.79 Å². The van der Waals surface area contributed by atoms with Crippen molar-refractivity contribution < 1.29 is 4.79 Å². The van der Waals surface area contributed by atoms with Crippen molar-refractivity contribution in [3.63, 3.8) is 0 Å². The van der Waals surface area contributed by atoms with Crippen molar-refractivity contribution >= 4 is 52.5 Å². The van der Waals surface area contributed by atoms with Crippen molar-refractivity contribution in [3.05, 3.63) is 58.7 Å². The molecule has 0 unspecified atom stereocenters. The van der Waals surface area contributed by atoms with E-state index in [2.05, 4.69) is 55.4 Å². The summed E-state index contributed by atoms with van der Waals surface area (Å²) in [7, 11) is 0. The number of likely N-dealkylation sites (tertiary alicyclic amines) is 1. The lowest BCUT2D eigenvalue weighted by molar-refractivity contribution is -0.117. The summed E-state index contributed by atoms with van der Waals surface area (Å²) < 4.78 is 0.886. The number of pyridine rings is 1. The number of hydrogen-bond donors (Lipinski definition) is 2. The molecule has 2 atom stereocenters. The summed E-state index contributed by atoms with van der Waals surface area (Å²) in [6.07, 6.45) is 1.67. The third kappa shape index (κ3) is 5.93. The van der Waals surface area contributed by atoms with E-state index >= 15 is 0 Å². The van der Waals surface area contributed by atoms with Crippen LogP contribution < -0.4 is 11.1 Å². The van der Waals surface area contributed by atoms with Crippen molar-refractivity contribution in [3.8, 4) is 0 Å². The number of benzene rings is 1. The molecule has 2 heterocycles. The van der Waals surface area contributed by atoms with Crippen LogP contribution in [0, 0.1) is 5.92 Å². The van der Waals surface area contributed by atoms with Gasteiger partial charge in [-0.3, -0.25) is 9.69 Å². The summed E-state index contributed by atoms with van der Waals surface area (Å²) in [6, 6.07) is 14.0. The summed E-state index contributed by atoms with van der Waals surface area (Å²) in [4.78, 5) is 18.6. The second-order valence-corrected chi connectivity index (χ2v) is 7.03. The maximum absolute atomic E-state index is 12.3. The van der Waals surface area contributed by atoms with Crippen LogP contribution in [0.15, 0.2) is 53.1 Å². The van der Waals surface area contributed by atoms with Gasteiger partial charge in [0, 0.05) is 29.7 Å². The van der Waals surface area contributed by atoms with E-state index in [1.165, 1.54) is 5.56 Å². The number of hydrogen-bond acceptors (Lipinski definition) is 4. The van der Waals surface area contributed by atoms with Crippen molar-refractivity contribution in [2.24, 2.45) is 11.7 Å². The van der Waals surface area contributed by atoms with E-state index in [1.54, 1.807) is 12.3 Å². The molecular weight excluding hydrogens is 439 g/mol. The lowest BCUT2D eigenvalue weighted by Gasteiger charge is -2.16. The molecule has 26 heavy (non-hydrogen) atoms. The van der Waals surface area contributed by atoms with Crippen molar-refractivity contribution in [1.82, 2.24) is 9.88 Å². The highest BCUT2D eigenvalue weighted by molar-refractivity contribution is 9.10. The number of halogens is 3. The second kappa shape index (κ2) is 10.8. The number of nitrogens with zero attached hydrogens (tertiary/aromatic N) is 2. The van der Waals surface area contributed by atoms with E-state index < -0.39 is 0 Å². The van der Waals surface area contributed by atoms with E-state index in [0.717, 1.165) is 17.6 Å². The fourth-order valence-electron chi connectivity index (χ4n) is 3.24. The highest BCUT2D eigenvalue weighted by atomic mass is 79.9. The number of carbonyl (C=O) groups is 1. The smallest absolute Gasteiger partial charge is 0.239 e. The maximum Gasteiger partial charge on any atom is 0.239 e. The maximum atomic E-state index is 12.3. The van der Waals surface area contributed by atoms with Crippen LogP contribution >= 0.6 is 40.7 Å². The third-order valence-electron chi connectivity index (χ3n) is 4.41. The first-order valence-electron chi connectivity index (χ1n) is 8.04. The van der Waals surface area contributed by atoms with Gasteiger partial charge < -0.3 is 11.1 Å². The minimum atomic E-state index is -0.0469. The van der Waals surface area contributed by atoms with Gasteiger partial charge in [-0.05, 0) is 46.1 Å². The SMILES string of the molecule is Cl.Cl.NC[C@@H]1CN(CC(=O)Nc2ccc(Br)cn2)C[C@H]1c1ccccc1. The highest BCUT2D eigenvalue weighted by Crippen LogP contribution is 2.31. The molecule has 5 nitrogen and oxygen atoms in total. The minimum absolute atomic E-state index is 0. The zero-order chi connectivity index (χ0) is 16.9. The number of aromatic nitrogens is 1. The largest absolute Gasteiger partial charge is 0.330 e. The van der Waals surface area contributed by atoms with Crippen LogP contribution in [0.5, 0.6) is 0 Å². The fourth-order valence-corrected chi connectivity index (χ4v) is 3.48. The van der Waals surface area contributed by atoms with Gasteiger partial charge in [0.2, 0.25) is 5.91 Å². The number of nitrogens with one attached hydrogen (secondary N) is 1. The molecule has 1 aliphatic heterocycles. The second-order valence-electron chi connectivity index (χ2n) is 6.12. The molecule has 1 amide bonds. The molecule has 142 valence electrons. The summed E-state index contributed by atoms with van der Waals surface area (Å²) in [5.41, 5.74) is 7.25. The Labute approximate surface area is 174 Å². The van der Waals surface area contributed by atoms with Crippen LogP contribution in [0.1, 0.15) is 11.5 Å². The average molecular weight is 462 g/mol. The Morgan fingerprint density at radius 2 is 1.92 bits per heavy atom. The predicted octanol–water partition coefficient (Wildman–Crippen LogP) is 3.30. The van der Waals surface area contributed by atoms with E-state index in [0.29, 0.717) is 30.7 Å². The lowest BCUT2D eigenvalue weighted by atomic mass is 9.89. The molecular formula is C18H23BrCl2N4O. The Kier molecular flexibility index (Phi) is 9.54. The van der Waals surface area contributed by atoms with Crippen LogP contribution in [-0.4, -0.2) is 42.0 Å². The molecule has 1 aliphatic rings. The van der Waals surface area contributed by atoms with Crippen molar-refractivity contribution in [2.75, 3.05) is 31.5 Å². The number of anilines is 1. The van der Waals surface area contributed by atoms with Crippen LogP contribution in [0.2, 0.25) is 0 Å². The molecule has 3 N–H and O–H groups in total. The molecule has 3 rings (SSSR count). The van der Waals surface area contributed by atoms with Gasteiger partial charge >= 0.3 is 0 Å². The molecule has 1 aromatic carbocycles. The molecule has 0 bridgehead atoms. The first-order chi connectivity index (χ1) is 11.7. The van der Waals surface area contributed by atoms with Gasteiger partial charge in [-0.2, -0.15) is 0 Å². The Hall–Kier alpha value is -1.18. The summed E-state index contributed by atoms with van der Waals surface area (Å²) in [6.45, 7) is 2.69. The molecule has 0 radical (unpaired) electrons. The normalized spacial score (nSPS) is 19.3. The van der Waals surface area contributed by atoms with Gasteiger partial charge in [0.15, 0.2) is 0 Å². The third-order valence-corrected chi connectivity index (χ3v) is 4.88. The Bertz CT molecular complexity index is 687. The van der Waals surface area contributed by atoms with Crippen LogP contribution in [0.25, 0.3) is 0 Å². The molecule has 0 spiro atoms. The van der Waals surface area contributed by atoms with Gasteiger partial charge in [0.25, 0.3) is 0 Å². The van der Waals surface area contributed by atoms with Gasteiger partial charge in [0.1, 0.15) is 5.82 Å². The Balaban J connectivity index is 0.00000169. The fraction of sp³-hybridized carbons (Fsp3) is 0.333. The topological polar surface area (TPSA) is 71.2 Å². The molecule has 1 fully saturated rings. The summed E-state index contributed by atoms with van der Waals surface area (Å²) in [5.74, 6) is 1.28. The van der Waals surface area contributed by atoms with Gasteiger partial charge in [-0.15, -0.1) is 24.8 Å². The van der Waals surface area contributed by atoms with E-state index in [9.17, 15) is 4.79 Å². The van der Waals surface area contributed by atoms with Crippen LogP contribution in [0.4, 0.5) is 5.82 Å². The molecule has 8 heteroatoms. The average Bonchev–Trinajstić information content (AvgIpc) is 3.00. The van der Waals surface area contributed by atoms with Crippen molar-refractivity contribution in [2.45, 2.75) is 5.92 Å². The van der Waals surface area contributed by atoms with Gasteiger partial charge in [-0.1, -0.05) is 30.3 Å². The summed E-state index contributed by atoms with van der Waals surface area (Å²) >= 11 is 3.33. The van der Waals surface area contributed by atoms with E-state index in [4.69, 9.17) is 5.73 Å². The molecule has 2 aromatic rings. The minimum Gasteiger partial charge on any atom is -0.330 e. The van der Waals surface area contributed by atoms with E-state index in [-0.39, 0.29) is 30.7 Å². The Morgan fingerprint density at radius 1 is 1.19 bits per heavy atom. The quantitative estimate of drug-likeness (QED) is 0.716. The monoisotopic (exact) mass is 460 g/mol. The predicted molar refractivity (Wildman–Crippen MR) is 113 cm³/mol. The van der Waals surface area contributed by atoms with Gasteiger partial charge in [0.05, 0.1) is 6.54 Å². The zero-order valence-electron chi connectivity index (χ0n) is 14.2. The number of carbonyl (C=O) groups excluding carboxylic acids is 1. The highest BCUT2D eigenvalue weighted by Gasteiger charge is 2.33. The van der Waals surface area contributed by atoms with Crippen LogP contribution in [0.3, 0.4) is 0 Å². The number of nitrogens with two attached hydrogens (primary N) is 1. The zero-order valence-corrected chi connectivity index (χ0v) is 17.4. The van der Waals surface area contributed by atoms with Crippen molar-refractivity contribution in [1.29, 1.82) is 0 Å². The Morgan fingerprint density at radius 3 is 2.54 bits per heavy atom. The van der Waals surface area contributed by atoms with E-state index in [1.807, 2.05) is 12.1 Å². The molecule has 1 aromatic heterocycles. The number of amides is 1. The lowest BCUT2D eigenvalue weighted by Crippen LogP contribution is -2.32. The summed E-state index contributed by atoms with van der Waals surface area (Å²) in [5, 5.41) is 2.84.